The van der Waals surface area contributed by atoms with Crippen LogP contribution in [0, 0.1) is 5.82 Å². The highest BCUT2D eigenvalue weighted by Crippen LogP contribution is 2.41. The molecule has 1 amide bonds. The highest BCUT2D eigenvalue weighted by Gasteiger charge is 2.44. The molecule has 140 valence electrons. The molecule has 2 aromatic rings. The highest BCUT2D eigenvalue weighted by molar-refractivity contribution is 6.46. The number of aliphatic hydroxyl groups is 1. The van der Waals surface area contributed by atoms with Gasteiger partial charge in [-0.1, -0.05) is 6.07 Å². The Labute approximate surface area is 155 Å². The summed E-state index contributed by atoms with van der Waals surface area (Å²) in [5, 5.41) is 10.7. The first-order chi connectivity index (χ1) is 12.9. The summed E-state index contributed by atoms with van der Waals surface area (Å²) in [6, 6.07) is 9.21. The maximum atomic E-state index is 13.2. The first-order valence-corrected chi connectivity index (χ1v) is 8.11. The largest absolute Gasteiger partial charge is 0.507 e. The summed E-state index contributed by atoms with van der Waals surface area (Å²) >= 11 is 0. The number of carbonyl (C=O) groups excluding carboxylic acids is 2. The van der Waals surface area contributed by atoms with Crippen molar-refractivity contribution in [3.8, 4) is 11.5 Å². The predicted octanol–water partition coefficient (Wildman–Crippen LogP) is 2.89. The van der Waals surface area contributed by atoms with Crippen LogP contribution in [-0.2, 0) is 9.59 Å². The normalized spacial score (nSPS) is 18.7. The van der Waals surface area contributed by atoms with Crippen LogP contribution in [-0.4, -0.2) is 43.0 Å². The highest BCUT2D eigenvalue weighted by atomic mass is 19.1. The van der Waals surface area contributed by atoms with Gasteiger partial charge >= 0.3 is 0 Å². The Morgan fingerprint density at radius 3 is 2.26 bits per heavy atom. The smallest absolute Gasteiger partial charge is 0.295 e. The van der Waals surface area contributed by atoms with Gasteiger partial charge in [-0.25, -0.2) is 4.39 Å². The van der Waals surface area contributed by atoms with Crippen molar-refractivity contribution in [2.45, 2.75) is 6.04 Å². The maximum absolute atomic E-state index is 13.2. The number of benzene rings is 2. The van der Waals surface area contributed by atoms with E-state index >= 15 is 0 Å². The number of rotatable bonds is 4. The van der Waals surface area contributed by atoms with E-state index in [1.807, 2.05) is 0 Å². The summed E-state index contributed by atoms with van der Waals surface area (Å²) in [7, 11) is 4.45. The van der Waals surface area contributed by atoms with Crippen molar-refractivity contribution in [3.05, 3.63) is 65.0 Å². The molecule has 0 radical (unpaired) electrons. The molecule has 0 aromatic heterocycles. The summed E-state index contributed by atoms with van der Waals surface area (Å²) in [6.07, 6.45) is 0. The van der Waals surface area contributed by atoms with Gasteiger partial charge < -0.3 is 19.5 Å². The van der Waals surface area contributed by atoms with Crippen molar-refractivity contribution in [2.24, 2.45) is 0 Å². The number of hydrogen-bond acceptors (Lipinski definition) is 5. The molecule has 6 nitrogen and oxygen atoms in total. The number of carbonyl (C=O) groups is 2. The van der Waals surface area contributed by atoms with Crippen LogP contribution in [0.1, 0.15) is 17.2 Å². The fraction of sp³-hybridized carbons (Fsp3) is 0.200. The van der Waals surface area contributed by atoms with Gasteiger partial charge in [-0.3, -0.25) is 9.59 Å². The van der Waals surface area contributed by atoms with Gasteiger partial charge in [0.25, 0.3) is 11.7 Å². The predicted molar refractivity (Wildman–Crippen MR) is 96.0 cm³/mol. The van der Waals surface area contributed by atoms with Crippen molar-refractivity contribution in [1.29, 1.82) is 0 Å². The minimum absolute atomic E-state index is 0.0682. The summed E-state index contributed by atoms with van der Waals surface area (Å²) < 4.78 is 23.7. The number of hydrogen-bond donors (Lipinski definition) is 1. The lowest BCUT2D eigenvalue weighted by atomic mass is 9.95. The van der Waals surface area contributed by atoms with Gasteiger partial charge in [0, 0.05) is 12.6 Å². The molecule has 0 aliphatic carbocycles. The number of halogens is 1. The number of aliphatic hydroxyl groups excluding tert-OH is 1. The third-order valence-corrected chi connectivity index (χ3v) is 4.52. The zero-order valence-electron chi connectivity index (χ0n) is 15.0. The van der Waals surface area contributed by atoms with E-state index in [1.165, 1.54) is 50.4 Å². The van der Waals surface area contributed by atoms with Crippen LogP contribution in [0.2, 0.25) is 0 Å². The van der Waals surface area contributed by atoms with Crippen LogP contribution in [0.4, 0.5) is 4.39 Å². The molecular formula is C20H18FNO5. The third kappa shape index (κ3) is 3.12. The average molecular weight is 371 g/mol. The molecule has 0 spiro atoms. The molecule has 7 heteroatoms. The van der Waals surface area contributed by atoms with Gasteiger partial charge in [-0.05, 0) is 42.0 Å². The maximum Gasteiger partial charge on any atom is 0.295 e. The van der Waals surface area contributed by atoms with Crippen LogP contribution in [0.15, 0.2) is 48.0 Å². The third-order valence-electron chi connectivity index (χ3n) is 4.52. The molecular weight excluding hydrogens is 353 g/mol. The Kier molecular flexibility index (Phi) is 4.85. The average Bonchev–Trinajstić information content (AvgIpc) is 2.91. The van der Waals surface area contributed by atoms with E-state index in [4.69, 9.17) is 9.47 Å². The minimum Gasteiger partial charge on any atom is -0.507 e. The molecule has 1 heterocycles. The Hall–Kier alpha value is -3.35. The zero-order chi connectivity index (χ0) is 19.7. The number of nitrogens with zero attached hydrogens (tertiary/aromatic N) is 1. The van der Waals surface area contributed by atoms with Crippen molar-refractivity contribution in [1.82, 2.24) is 4.90 Å². The second-order valence-electron chi connectivity index (χ2n) is 6.03. The van der Waals surface area contributed by atoms with Crippen LogP contribution < -0.4 is 9.47 Å². The molecule has 0 bridgehead atoms. The number of ketones is 1. The van der Waals surface area contributed by atoms with E-state index in [0.29, 0.717) is 17.1 Å². The van der Waals surface area contributed by atoms with E-state index in [0.717, 1.165) is 0 Å². The molecule has 27 heavy (non-hydrogen) atoms. The molecule has 1 fully saturated rings. The molecule has 1 atom stereocenters. The van der Waals surface area contributed by atoms with Gasteiger partial charge in [0.05, 0.1) is 25.8 Å². The lowest BCUT2D eigenvalue weighted by Crippen LogP contribution is -2.24. The van der Waals surface area contributed by atoms with Gasteiger partial charge in [-0.15, -0.1) is 0 Å². The second-order valence-corrected chi connectivity index (χ2v) is 6.03. The van der Waals surface area contributed by atoms with E-state index in [9.17, 15) is 19.1 Å². The molecule has 1 N–H and O–H groups in total. The number of methoxy groups -OCH3 is 2. The number of likely N-dealkylation sites (N-methyl/N-ethyl adjacent to an activating group) is 1. The van der Waals surface area contributed by atoms with Gasteiger partial charge in [0.1, 0.15) is 11.6 Å². The molecule has 1 aliphatic heterocycles. The zero-order valence-corrected chi connectivity index (χ0v) is 15.0. The van der Waals surface area contributed by atoms with Gasteiger partial charge in [-0.2, -0.15) is 0 Å². The first kappa shape index (κ1) is 18.4. The fourth-order valence-electron chi connectivity index (χ4n) is 3.12. The van der Waals surface area contributed by atoms with Crippen molar-refractivity contribution < 1.29 is 28.6 Å². The number of amides is 1. The van der Waals surface area contributed by atoms with E-state index in [1.54, 1.807) is 18.2 Å². The molecule has 1 saturated heterocycles. The van der Waals surface area contributed by atoms with E-state index < -0.39 is 23.5 Å². The Bertz CT molecular complexity index is 936. The van der Waals surface area contributed by atoms with Crippen LogP contribution >= 0.6 is 0 Å². The van der Waals surface area contributed by atoms with Crippen molar-refractivity contribution in [3.63, 3.8) is 0 Å². The van der Waals surface area contributed by atoms with E-state index in [2.05, 4.69) is 0 Å². The number of likely N-dealkylation sites (tertiary alicyclic amines) is 1. The summed E-state index contributed by atoms with van der Waals surface area (Å²) in [4.78, 5) is 26.1. The Morgan fingerprint density at radius 1 is 1.04 bits per heavy atom. The lowest BCUT2D eigenvalue weighted by Gasteiger charge is -2.22. The van der Waals surface area contributed by atoms with Crippen LogP contribution in [0.3, 0.4) is 0 Å². The van der Waals surface area contributed by atoms with Crippen molar-refractivity contribution >= 4 is 17.4 Å². The molecule has 3 rings (SSSR count). The summed E-state index contributed by atoms with van der Waals surface area (Å²) in [5.74, 6) is -1.46. The second kappa shape index (κ2) is 7.11. The topological polar surface area (TPSA) is 76.1 Å². The lowest BCUT2D eigenvalue weighted by molar-refractivity contribution is -0.139. The van der Waals surface area contributed by atoms with E-state index in [-0.39, 0.29) is 16.9 Å². The quantitative estimate of drug-likeness (QED) is 0.508. The number of ether oxygens (including phenoxy) is 2. The Balaban J connectivity index is 2.17. The first-order valence-electron chi connectivity index (χ1n) is 8.11. The number of Topliss-reactive ketones (excluding diaryl/α,β-unsaturated/α-hetero) is 1. The van der Waals surface area contributed by atoms with Crippen molar-refractivity contribution in [2.75, 3.05) is 21.3 Å². The van der Waals surface area contributed by atoms with Gasteiger partial charge in [0.2, 0.25) is 0 Å². The monoisotopic (exact) mass is 371 g/mol. The standard InChI is InChI=1S/C20H18FNO5/c1-22-17(12-6-9-14(26-2)15(10-12)27-3)16(19(24)20(22)25)18(23)11-4-7-13(21)8-5-11/h4-10,17,23H,1-3H3/b18-16+. The summed E-state index contributed by atoms with van der Waals surface area (Å²) in [5.41, 5.74) is 0.743. The van der Waals surface area contributed by atoms with Crippen LogP contribution in [0.5, 0.6) is 11.5 Å². The van der Waals surface area contributed by atoms with Crippen LogP contribution in [0.25, 0.3) is 5.76 Å². The summed E-state index contributed by atoms with van der Waals surface area (Å²) in [6.45, 7) is 0. The minimum atomic E-state index is -0.810. The van der Waals surface area contributed by atoms with Gasteiger partial charge in [0.15, 0.2) is 11.5 Å². The molecule has 1 unspecified atom stereocenters. The SMILES string of the molecule is COc1ccc(C2/C(=C(\O)c3ccc(F)cc3)C(=O)C(=O)N2C)cc1OC. The molecule has 1 aliphatic rings. The Morgan fingerprint density at radius 2 is 1.67 bits per heavy atom. The molecule has 2 aromatic carbocycles. The fourth-order valence-corrected chi connectivity index (χ4v) is 3.12. The molecule has 0 saturated carbocycles.